The molecule has 0 amide bonds. The average Bonchev–Trinajstić information content (AvgIpc) is 2.39. The summed E-state index contributed by atoms with van der Waals surface area (Å²) in [5.41, 5.74) is 0. The van der Waals surface area contributed by atoms with E-state index in [0.717, 1.165) is 38.5 Å². The molecule has 5 heteroatoms. The summed E-state index contributed by atoms with van der Waals surface area (Å²) in [7, 11) is 0. The summed E-state index contributed by atoms with van der Waals surface area (Å²) in [6.45, 7) is 2.44. The van der Waals surface area contributed by atoms with Crippen LogP contribution < -0.4 is 0 Å². The molecule has 0 saturated heterocycles. The molecule has 0 aromatic carbocycles. The number of carbonyl (C=O) groups excluding carboxylic acids is 2. The number of aliphatic hydroxyl groups excluding tert-OH is 1. The second-order valence-electron chi connectivity index (χ2n) is 4.34. The van der Waals surface area contributed by atoms with Crippen LogP contribution in [0.3, 0.4) is 0 Å². The predicted molar refractivity (Wildman–Crippen MR) is 68.9 cm³/mol. The number of isocyanates is 2. The monoisotopic (exact) mass is 254 g/mol. The first kappa shape index (κ1) is 16.7. The van der Waals surface area contributed by atoms with Crippen molar-refractivity contribution in [1.82, 2.24) is 0 Å². The van der Waals surface area contributed by atoms with Gasteiger partial charge in [-0.25, -0.2) is 19.6 Å². The molecule has 102 valence electrons. The topological polar surface area (TPSA) is 79.1 Å². The van der Waals surface area contributed by atoms with Crippen molar-refractivity contribution < 1.29 is 14.7 Å². The number of unbranched alkanes of at least 4 members (excludes halogenated alkanes) is 2. The third kappa shape index (κ3) is 9.91. The number of hydrogen-bond donors (Lipinski definition) is 1. The molecule has 0 fully saturated rings. The number of nitrogens with zero attached hydrogens (tertiary/aromatic N) is 2. The summed E-state index contributed by atoms with van der Waals surface area (Å²) >= 11 is 0. The normalized spacial score (nSPS) is 13.2. The number of aliphatic imine (C=N–C) groups is 2. The van der Waals surface area contributed by atoms with Gasteiger partial charge < -0.3 is 5.11 Å². The van der Waals surface area contributed by atoms with Crippen LogP contribution in [0.1, 0.15) is 51.9 Å². The van der Waals surface area contributed by atoms with Crippen LogP contribution in [-0.4, -0.2) is 36.0 Å². The summed E-state index contributed by atoms with van der Waals surface area (Å²) in [5, 5.41) is 9.45. The van der Waals surface area contributed by atoms with Gasteiger partial charge in [-0.15, -0.1) is 0 Å². The van der Waals surface area contributed by atoms with E-state index in [2.05, 4.69) is 9.98 Å². The van der Waals surface area contributed by atoms with E-state index in [-0.39, 0.29) is 12.1 Å². The Morgan fingerprint density at radius 3 is 2.44 bits per heavy atom. The van der Waals surface area contributed by atoms with Gasteiger partial charge in [0.1, 0.15) is 0 Å². The highest BCUT2D eigenvalue weighted by Gasteiger charge is 2.09. The average molecular weight is 254 g/mol. The van der Waals surface area contributed by atoms with E-state index < -0.39 is 0 Å². The first-order valence-electron chi connectivity index (χ1n) is 6.53. The summed E-state index contributed by atoms with van der Waals surface area (Å²) in [6, 6.07) is -0.0433. The zero-order valence-corrected chi connectivity index (χ0v) is 11.0. The molecule has 0 rings (SSSR count). The van der Waals surface area contributed by atoms with Gasteiger partial charge in [-0.2, -0.15) is 0 Å². The van der Waals surface area contributed by atoms with Crippen LogP contribution in [-0.2, 0) is 9.59 Å². The minimum atomic E-state index is -0.309. The lowest BCUT2D eigenvalue weighted by Crippen LogP contribution is -2.11. The van der Waals surface area contributed by atoms with Gasteiger partial charge in [-0.3, -0.25) is 0 Å². The molecule has 0 saturated carbocycles. The Kier molecular flexibility index (Phi) is 11.3. The molecule has 0 aliphatic carbocycles. The van der Waals surface area contributed by atoms with Crippen molar-refractivity contribution in [2.45, 2.75) is 64.0 Å². The second-order valence-corrected chi connectivity index (χ2v) is 4.34. The molecule has 0 aromatic heterocycles. The van der Waals surface area contributed by atoms with E-state index in [4.69, 9.17) is 0 Å². The molecule has 0 aliphatic heterocycles. The van der Waals surface area contributed by atoms with Crippen molar-refractivity contribution >= 4 is 12.2 Å². The van der Waals surface area contributed by atoms with Crippen LogP contribution in [0.5, 0.6) is 0 Å². The first-order valence-corrected chi connectivity index (χ1v) is 6.53. The predicted octanol–water partition coefficient (Wildman–Crippen LogP) is 2.14. The summed E-state index contributed by atoms with van der Waals surface area (Å²) in [5.74, 6) is 0. The van der Waals surface area contributed by atoms with Crippen molar-refractivity contribution in [3.05, 3.63) is 0 Å². The van der Waals surface area contributed by atoms with Crippen LogP contribution in [0.2, 0.25) is 0 Å². The lowest BCUT2D eigenvalue weighted by Gasteiger charge is -2.12. The van der Waals surface area contributed by atoms with E-state index >= 15 is 0 Å². The van der Waals surface area contributed by atoms with Gasteiger partial charge in [0.25, 0.3) is 0 Å². The van der Waals surface area contributed by atoms with Gasteiger partial charge in [0, 0.05) is 0 Å². The Morgan fingerprint density at radius 2 is 1.83 bits per heavy atom. The van der Waals surface area contributed by atoms with Gasteiger partial charge in [0.15, 0.2) is 0 Å². The lowest BCUT2D eigenvalue weighted by atomic mass is 10.0. The lowest BCUT2D eigenvalue weighted by molar-refractivity contribution is 0.154. The molecule has 0 aliphatic rings. The minimum Gasteiger partial charge on any atom is -0.393 e. The standard InChI is InChI=1S/C13H22N2O3/c1-2-13(18)8-7-12(15-11-17)6-4-3-5-9-14-10-16/h12-13,18H,2-9H2,1H3. The van der Waals surface area contributed by atoms with Gasteiger partial charge in [-0.05, 0) is 32.1 Å². The molecule has 0 heterocycles. The molecular formula is C13H22N2O3. The van der Waals surface area contributed by atoms with Crippen molar-refractivity contribution in [3.63, 3.8) is 0 Å². The van der Waals surface area contributed by atoms with Gasteiger partial charge in [-0.1, -0.05) is 19.8 Å². The van der Waals surface area contributed by atoms with Crippen molar-refractivity contribution in [2.24, 2.45) is 9.98 Å². The third-order valence-electron chi connectivity index (χ3n) is 2.91. The Morgan fingerprint density at radius 1 is 1.06 bits per heavy atom. The summed E-state index contributed by atoms with van der Waals surface area (Å²) in [6.07, 6.45) is 8.46. The quantitative estimate of drug-likeness (QED) is 0.348. The number of aliphatic hydroxyl groups is 1. The van der Waals surface area contributed by atoms with Crippen molar-refractivity contribution in [1.29, 1.82) is 0 Å². The summed E-state index contributed by atoms with van der Waals surface area (Å²) in [4.78, 5) is 27.4. The molecule has 2 atom stereocenters. The fraction of sp³-hybridized carbons (Fsp3) is 0.846. The fourth-order valence-corrected chi connectivity index (χ4v) is 1.73. The molecule has 0 aromatic rings. The Labute approximate surface area is 108 Å². The Balaban J connectivity index is 3.75. The molecule has 2 unspecified atom stereocenters. The zero-order valence-electron chi connectivity index (χ0n) is 11.0. The van der Waals surface area contributed by atoms with Crippen LogP contribution in [0.15, 0.2) is 9.98 Å². The van der Waals surface area contributed by atoms with E-state index in [0.29, 0.717) is 13.0 Å². The molecule has 0 radical (unpaired) electrons. The van der Waals surface area contributed by atoms with Gasteiger partial charge in [0.2, 0.25) is 12.2 Å². The van der Waals surface area contributed by atoms with Crippen molar-refractivity contribution in [2.75, 3.05) is 6.54 Å². The third-order valence-corrected chi connectivity index (χ3v) is 2.91. The Hall–Kier alpha value is -1.28. The van der Waals surface area contributed by atoms with E-state index in [1.165, 1.54) is 6.08 Å². The van der Waals surface area contributed by atoms with Gasteiger partial charge in [0.05, 0.1) is 18.7 Å². The maximum absolute atomic E-state index is 10.3. The van der Waals surface area contributed by atoms with E-state index in [1.807, 2.05) is 6.92 Å². The smallest absolute Gasteiger partial charge is 0.235 e. The molecule has 5 nitrogen and oxygen atoms in total. The molecule has 0 spiro atoms. The van der Waals surface area contributed by atoms with E-state index in [1.54, 1.807) is 6.08 Å². The van der Waals surface area contributed by atoms with Crippen molar-refractivity contribution in [3.8, 4) is 0 Å². The maximum atomic E-state index is 10.3. The summed E-state index contributed by atoms with van der Waals surface area (Å²) < 4.78 is 0. The highest BCUT2D eigenvalue weighted by atomic mass is 16.3. The fourth-order valence-electron chi connectivity index (χ4n) is 1.73. The minimum absolute atomic E-state index is 0.0433. The van der Waals surface area contributed by atoms with Crippen LogP contribution in [0, 0.1) is 0 Å². The molecule has 0 bridgehead atoms. The van der Waals surface area contributed by atoms with E-state index in [9.17, 15) is 14.7 Å². The highest BCUT2D eigenvalue weighted by Crippen LogP contribution is 2.14. The molecular weight excluding hydrogens is 232 g/mol. The molecule has 18 heavy (non-hydrogen) atoms. The van der Waals surface area contributed by atoms with Crippen LogP contribution in [0.25, 0.3) is 0 Å². The van der Waals surface area contributed by atoms with Gasteiger partial charge >= 0.3 is 0 Å². The Bertz CT molecular complexity index is 295. The highest BCUT2D eigenvalue weighted by molar-refractivity contribution is 5.33. The van der Waals surface area contributed by atoms with Crippen LogP contribution >= 0.6 is 0 Å². The van der Waals surface area contributed by atoms with Crippen LogP contribution in [0.4, 0.5) is 0 Å². The zero-order chi connectivity index (χ0) is 13.6. The number of rotatable bonds is 11. The first-order chi connectivity index (χ1) is 8.74. The number of hydrogen-bond acceptors (Lipinski definition) is 5. The SMILES string of the molecule is CCC(O)CCC(CCCCCN=C=O)N=C=O. The second kappa shape index (κ2) is 12.2. The molecule has 1 N–H and O–H groups in total. The maximum Gasteiger partial charge on any atom is 0.235 e. The largest absolute Gasteiger partial charge is 0.393 e.